The first-order valence-corrected chi connectivity index (χ1v) is 15.8. The summed E-state index contributed by atoms with van der Waals surface area (Å²) in [5.74, 6) is -3.65. The van der Waals surface area contributed by atoms with Gasteiger partial charge in [0.25, 0.3) is 0 Å². The molecule has 2 heterocycles. The average Bonchev–Trinajstić information content (AvgIpc) is 3.33. The van der Waals surface area contributed by atoms with Gasteiger partial charge in [0, 0.05) is 17.8 Å². The zero-order valence-corrected chi connectivity index (χ0v) is 24.4. The third-order valence-corrected chi connectivity index (χ3v) is 10.3. The Labute approximate surface area is 244 Å². The Morgan fingerprint density at radius 2 is 1.63 bits per heavy atom. The molecule has 0 bridgehead atoms. The number of thiophene rings is 1. The number of aryl methyl sites for hydroxylation is 1. The van der Waals surface area contributed by atoms with Crippen LogP contribution in [-0.2, 0) is 19.4 Å². The Kier molecular flexibility index (Phi) is 10.1. The summed E-state index contributed by atoms with van der Waals surface area (Å²) in [5.41, 5.74) is 4.69. The summed E-state index contributed by atoms with van der Waals surface area (Å²) in [7, 11) is -3.49. The third kappa shape index (κ3) is 7.70. The maximum absolute atomic E-state index is 13.7. The van der Waals surface area contributed by atoms with E-state index in [0.29, 0.717) is 11.3 Å². The van der Waals surface area contributed by atoms with Gasteiger partial charge in [-0.2, -0.15) is 0 Å². The largest absolute Gasteiger partial charge is 0.473 e. The van der Waals surface area contributed by atoms with Crippen molar-refractivity contribution in [1.82, 2.24) is 4.90 Å². The molecule has 2 N–H and O–H groups in total. The Bertz CT molecular complexity index is 1610. The summed E-state index contributed by atoms with van der Waals surface area (Å²) in [4.78, 5) is 21.0. The molecule has 3 aromatic carbocycles. The Morgan fingerprint density at radius 3 is 2.32 bits per heavy atom. The molecule has 1 aliphatic heterocycles. The van der Waals surface area contributed by atoms with E-state index in [1.165, 1.54) is 21.2 Å². The van der Waals surface area contributed by atoms with Crippen LogP contribution in [-0.4, -0.2) is 55.1 Å². The maximum atomic E-state index is 13.7. The molecular weight excluding hydrogens is 558 g/mol. The average molecular weight is 592 g/mol. The minimum atomic E-state index is -3.49. The molecule has 214 valence electrons. The van der Waals surface area contributed by atoms with E-state index in [1.54, 1.807) is 12.1 Å². The molecule has 0 aliphatic carbocycles. The van der Waals surface area contributed by atoms with Gasteiger partial charge in [-0.3, -0.25) is 4.90 Å². The van der Waals surface area contributed by atoms with Crippen LogP contribution in [0, 0.1) is 6.92 Å². The van der Waals surface area contributed by atoms with Crippen molar-refractivity contribution in [2.45, 2.75) is 36.3 Å². The molecule has 0 saturated heterocycles. The van der Waals surface area contributed by atoms with Gasteiger partial charge in [0.1, 0.15) is 0 Å². The van der Waals surface area contributed by atoms with Crippen molar-refractivity contribution in [1.29, 1.82) is 0 Å². The van der Waals surface area contributed by atoms with E-state index < -0.39 is 27.0 Å². The minimum absolute atomic E-state index is 0.402. The van der Waals surface area contributed by atoms with E-state index in [4.69, 9.17) is 19.8 Å². The van der Waals surface area contributed by atoms with Crippen LogP contribution in [0.5, 0.6) is 0 Å². The topological polar surface area (TPSA) is 112 Å². The lowest BCUT2D eigenvalue weighted by atomic mass is 10.0. The number of carboxylic acid groups (broad SMARTS) is 2. The number of hydrogen-bond donors (Lipinski definition) is 2. The molecule has 1 aromatic heterocycles. The molecule has 5 rings (SSSR count). The van der Waals surface area contributed by atoms with Gasteiger partial charge in [-0.1, -0.05) is 72.3 Å². The molecule has 1 aliphatic rings. The zero-order valence-electron chi connectivity index (χ0n) is 22.8. The van der Waals surface area contributed by atoms with Crippen molar-refractivity contribution in [3.8, 4) is 0 Å². The van der Waals surface area contributed by atoms with E-state index in [1.807, 2.05) is 60.7 Å². The minimum Gasteiger partial charge on any atom is -0.473 e. The summed E-state index contributed by atoms with van der Waals surface area (Å²) in [5, 5.41) is 17.7. The van der Waals surface area contributed by atoms with E-state index in [2.05, 4.69) is 40.6 Å². The first kappa shape index (κ1) is 30.2. The predicted octanol–water partition coefficient (Wildman–Crippen LogP) is 6.45. The van der Waals surface area contributed by atoms with Crippen molar-refractivity contribution in [2.24, 2.45) is 0 Å². The Hall–Kier alpha value is -3.79. The quantitative estimate of drug-likeness (QED) is 0.238. The highest BCUT2D eigenvalue weighted by Crippen LogP contribution is 2.34. The van der Waals surface area contributed by atoms with E-state index >= 15 is 0 Å². The molecule has 0 saturated carbocycles. The SMILES string of the molecule is Cc1ccc(S(=O)(=O)C(CCN2CC=C(c3cccc4ccsc34)CCC2)c2ccccc2)cc1.O=C(O)C(=O)O. The number of carbonyl (C=O) groups is 2. The first-order chi connectivity index (χ1) is 19.7. The van der Waals surface area contributed by atoms with Crippen LogP contribution < -0.4 is 0 Å². The third-order valence-electron chi connectivity index (χ3n) is 7.13. The molecule has 0 spiro atoms. The fourth-order valence-corrected chi connectivity index (χ4v) is 7.70. The monoisotopic (exact) mass is 591 g/mol. The number of aliphatic carboxylic acids is 2. The maximum Gasteiger partial charge on any atom is 0.414 e. The molecule has 41 heavy (non-hydrogen) atoms. The fraction of sp³-hybridized carbons (Fsp3) is 0.250. The number of benzene rings is 3. The number of fused-ring (bicyclic) bond motifs is 1. The van der Waals surface area contributed by atoms with Crippen LogP contribution >= 0.6 is 11.3 Å². The highest BCUT2D eigenvalue weighted by molar-refractivity contribution is 7.91. The van der Waals surface area contributed by atoms with Gasteiger partial charge in [0.05, 0.1) is 10.1 Å². The van der Waals surface area contributed by atoms with Crippen molar-refractivity contribution in [2.75, 3.05) is 19.6 Å². The van der Waals surface area contributed by atoms with Gasteiger partial charge in [-0.05, 0) is 78.4 Å². The van der Waals surface area contributed by atoms with E-state index in [9.17, 15) is 8.42 Å². The number of carboxylic acids is 2. The standard InChI is InChI=1S/C30H31NO2S2.C2H2O4/c1-23-12-14-27(15-13-23)35(32,33)29(25-7-3-2-4-8-25)17-21-31-19-6-10-24(16-20-31)28-11-5-9-26-18-22-34-30(26)28;3-1(4)2(5)6/h2-5,7-9,11-16,18,22,29H,6,10,17,19-21H2,1H3;(H,3,4)(H,5,6). The van der Waals surface area contributed by atoms with Crippen LogP contribution in [0.3, 0.4) is 0 Å². The Morgan fingerprint density at radius 1 is 0.927 bits per heavy atom. The molecular formula is C32H33NO6S2. The van der Waals surface area contributed by atoms with Gasteiger partial charge in [-0.15, -0.1) is 11.3 Å². The summed E-state index contributed by atoms with van der Waals surface area (Å²) in [6.45, 7) is 4.55. The highest BCUT2D eigenvalue weighted by atomic mass is 32.2. The van der Waals surface area contributed by atoms with Crippen molar-refractivity contribution >= 4 is 48.8 Å². The highest BCUT2D eigenvalue weighted by Gasteiger charge is 2.29. The van der Waals surface area contributed by atoms with Crippen LogP contribution in [0.1, 0.15) is 41.2 Å². The molecule has 0 amide bonds. The first-order valence-electron chi connectivity index (χ1n) is 13.4. The second kappa shape index (κ2) is 13.7. The van der Waals surface area contributed by atoms with Crippen LogP contribution in [0.4, 0.5) is 0 Å². The summed E-state index contributed by atoms with van der Waals surface area (Å²) < 4.78 is 28.7. The molecule has 7 nitrogen and oxygen atoms in total. The molecule has 0 fully saturated rings. The van der Waals surface area contributed by atoms with Gasteiger partial charge >= 0.3 is 11.9 Å². The smallest absolute Gasteiger partial charge is 0.414 e. The molecule has 0 radical (unpaired) electrons. The van der Waals surface area contributed by atoms with Crippen molar-refractivity contribution in [3.05, 3.63) is 107 Å². The fourth-order valence-electron chi connectivity index (χ4n) is 4.98. The summed E-state index contributed by atoms with van der Waals surface area (Å²) in [6, 6.07) is 25.7. The number of hydrogen-bond acceptors (Lipinski definition) is 6. The predicted molar refractivity (Wildman–Crippen MR) is 163 cm³/mol. The van der Waals surface area contributed by atoms with Crippen LogP contribution in [0.25, 0.3) is 15.7 Å². The summed E-state index contributed by atoms with van der Waals surface area (Å²) in [6.07, 6.45) is 5.06. The molecule has 9 heteroatoms. The van der Waals surface area contributed by atoms with Crippen molar-refractivity contribution in [3.63, 3.8) is 0 Å². The number of allylic oxidation sites excluding steroid dienone is 1. The summed E-state index contributed by atoms with van der Waals surface area (Å²) >= 11 is 1.81. The van der Waals surface area contributed by atoms with Crippen molar-refractivity contribution < 1.29 is 28.2 Å². The second-order valence-corrected chi connectivity index (χ2v) is 13.0. The molecule has 1 atom stereocenters. The molecule has 4 aromatic rings. The van der Waals surface area contributed by atoms with Crippen LogP contribution in [0.15, 0.2) is 95.2 Å². The Balaban J connectivity index is 0.000000585. The van der Waals surface area contributed by atoms with Gasteiger partial charge in [-0.25, -0.2) is 18.0 Å². The number of sulfone groups is 1. The second-order valence-electron chi connectivity index (χ2n) is 9.93. The zero-order chi connectivity index (χ0) is 29.4. The normalized spacial score (nSPS) is 14.8. The van der Waals surface area contributed by atoms with Gasteiger partial charge in [0.2, 0.25) is 0 Å². The lowest BCUT2D eigenvalue weighted by molar-refractivity contribution is -0.159. The molecule has 1 unspecified atom stereocenters. The van der Waals surface area contributed by atoms with Gasteiger partial charge < -0.3 is 10.2 Å². The van der Waals surface area contributed by atoms with E-state index in [-0.39, 0.29) is 0 Å². The van der Waals surface area contributed by atoms with E-state index in [0.717, 1.165) is 43.6 Å². The lowest BCUT2D eigenvalue weighted by Crippen LogP contribution is -2.28. The lowest BCUT2D eigenvalue weighted by Gasteiger charge is -2.24. The number of nitrogens with zero attached hydrogens (tertiary/aromatic N) is 1. The van der Waals surface area contributed by atoms with Gasteiger partial charge in [0.15, 0.2) is 9.84 Å². The number of rotatable bonds is 7. The van der Waals surface area contributed by atoms with Crippen LogP contribution in [0.2, 0.25) is 0 Å².